The van der Waals surface area contributed by atoms with Crippen LogP contribution in [0, 0.1) is 25.2 Å². The van der Waals surface area contributed by atoms with Crippen molar-refractivity contribution in [1.82, 2.24) is 20.4 Å². The van der Waals surface area contributed by atoms with Gasteiger partial charge in [0.1, 0.15) is 11.6 Å². The molecule has 1 aliphatic carbocycles. The van der Waals surface area contributed by atoms with E-state index in [9.17, 15) is 14.4 Å². The molecule has 2 N–H and O–H groups in total. The normalized spacial score (nSPS) is 14.2. The molecular weight excluding hydrogens is 310 g/mol. The van der Waals surface area contributed by atoms with Crippen LogP contribution in [0.3, 0.4) is 0 Å². The highest BCUT2D eigenvalue weighted by Crippen LogP contribution is 2.17. The quantitative estimate of drug-likeness (QED) is 0.850. The zero-order valence-corrected chi connectivity index (χ0v) is 13.9. The van der Waals surface area contributed by atoms with E-state index in [1.807, 2.05) is 6.07 Å². The molecule has 0 radical (unpaired) electrons. The zero-order valence-electron chi connectivity index (χ0n) is 13.9. The van der Waals surface area contributed by atoms with Crippen LogP contribution in [0.1, 0.15) is 48.9 Å². The Morgan fingerprint density at radius 2 is 2.00 bits per heavy atom. The fraction of sp³-hybridized carbons (Fsp3) is 0.562. The SMILES string of the molecule is Cc1nn(CCC(=O)NC(=O)NC2CCCC2)c(=O)c(C#N)c1C. The van der Waals surface area contributed by atoms with Gasteiger partial charge in [-0.25, -0.2) is 9.48 Å². The van der Waals surface area contributed by atoms with Crippen molar-refractivity contribution in [2.45, 2.75) is 58.5 Å². The van der Waals surface area contributed by atoms with E-state index in [-0.39, 0.29) is 24.6 Å². The number of carbonyl (C=O) groups is 2. The average molecular weight is 331 g/mol. The Kier molecular flexibility index (Phi) is 5.68. The largest absolute Gasteiger partial charge is 0.335 e. The van der Waals surface area contributed by atoms with Crippen LogP contribution in [0.4, 0.5) is 4.79 Å². The first-order chi connectivity index (χ1) is 11.4. The van der Waals surface area contributed by atoms with Gasteiger partial charge in [0.25, 0.3) is 5.56 Å². The number of nitrogens with zero attached hydrogens (tertiary/aromatic N) is 3. The molecule has 0 aliphatic heterocycles. The minimum absolute atomic E-state index is 0.0111. The Labute approximate surface area is 139 Å². The first-order valence-corrected chi connectivity index (χ1v) is 8.01. The van der Waals surface area contributed by atoms with E-state index in [1.165, 1.54) is 0 Å². The third-order valence-corrected chi connectivity index (χ3v) is 4.24. The highest BCUT2D eigenvalue weighted by Gasteiger charge is 2.18. The van der Waals surface area contributed by atoms with Crippen molar-refractivity contribution < 1.29 is 9.59 Å². The van der Waals surface area contributed by atoms with E-state index >= 15 is 0 Å². The maximum Gasteiger partial charge on any atom is 0.321 e. The number of carbonyl (C=O) groups excluding carboxylic acids is 2. The Bertz CT molecular complexity index is 741. The van der Waals surface area contributed by atoms with Gasteiger partial charge in [0.05, 0.1) is 12.2 Å². The summed E-state index contributed by atoms with van der Waals surface area (Å²) < 4.78 is 1.09. The molecule has 0 bridgehead atoms. The fourth-order valence-corrected chi connectivity index (χ4v) is 2.74. The second-order valence-corrected chi connectivity index (χ2v) is 5.98. The summed E-state index contributed by atoms with van der Waals surface area (Å²) in [5.41, 5.74) is 0.607. The van der Waals surface area contributed by atoms with Crippen molar-refractivity contribution in [2.75, 3.05) is 0 Å². The molecule has 1 heterocycles. The molecule has 3 amide bonds. The van der Waals surface area contributed by atoms with Crippen molar-refractivity contribution in [1.29, 1.82) is 5.26 Å². The van der Waals surface area contributed by atoms with Crippen LogP contribution in [0.5, 0.6) is 0 Å². The number of amides is 3. The Morgan fingerprint density at radius 3 is 2.62 bits per heavy atom. The second-order valence-electron chi connectivity index (χ2n) is 5.98. The summed E-state index contributed by atoms with van der Waals surface area (Å²) in [6.07, 6.45) is 3.96. The van der Waals surface area contributed by atoms with E-state index < -0.39 is 17.5 Å². The first-order valence-electron chi connectivity index (χ1n) is 8.01. The van der Waals surface area contributed by atoms with E-state index in [4.69, 9.17) is 5.26 Å². The number of imide groups is 1. The highest BCUT2D eigenvalue weighted by atomic mass is 16.2. The molecule has 0 saturated heterocycles. The van der Waals surface area contributed by atoms with Gasteiger partial charge in [-0.15, -0.1) is 0 Å². The summed E-state index contributed by atoms with van der Waals surface area (Å²) in [6, 6.07) is 1.48. The lowest BCUT2D eigenvalue weighted by Gasteiger charge is -2.12. The molecule has 1 aliphatic rings. The molecule has 1 aromatic heterocycles. The smallest absolute Gasteiger partial charge is 0.321 e. The summed E-state index contributed by atoms with van der Waals surface area (Å²) in [7, 11) is 0. The van der Waals surface area contributed by atoms with Crippen LogP contribution in [0.2, 0.25) is 0 Å². The lowest BCUT2D eigenvalue weighted by Crippen LogP contribution is -2.44. The van der Waals surface area contributed by atoms with Crippen LogP contribution in [-0.2, 0) is 11.3 Å². The molecule has 1 aromatic rings. The molecule has 0 spiro atoms. The lowest BCUT2D eigenvalue weighted by atomic mass is 10.1. The number of nitrogens with one attached hydrogen (secondary N) is 2. The molecule has 0 atom stereocenters. The summed E-state index contributed by atoms with van der Waals surface area (Å²) in [6.45, 7) is 3.37. The van der Waals surface area contributed by atoms with Crippen molar-refractivity contribution in [2.24, 2.45) is 0 Å². The highest BCUT2D eigenvalue weighted by molar-refractivity contribution is 5.94. The Hall–Kier alpha value is -2.69. The van der Waals surface area contributed by atoms with Crippen molar-refractivity contribution in [3.63, 3.8) is 0 Å². The van der Waals surface area contributed by atoms with Crippen molar-refractivity contribution in [3.8, 4) is 6.07 Å². The minimum atomic E-state index is -0.524. The summed E-state index contributed by atoms with van der Waals surface area (Å²) in [4.78, 5) is 35.7. The molecule has 0 aromatic carbocycles. The Balaban J connectivity index is 1.92. The number of urea groups is 1. The van der Waals surface area contributed by atoms with Gasteiger partial charge in [0.2, 0.25) is 5.91 Å². The molecule has 8 heteroatoms. The second kappa shape index (κ2) is 7.73. The van der Waals surface area contributed by atoms with Gasteiger partial charge in [-0.2, -0.15) is 10.4 Å². The summed E-state index contributed by atoms with van der Waals surface area (Å²) in [5.74, 6) is -0.490. The van der Waals surface area contributed by atoms with Crippen molar-refractivity contribution in [3.05, 3.63) is 27.2 Å². The summed E-state index contributed by atoms with van der Waals surface area (Å²) >= 11 is 0. The molecule has 1 saturated carbocycles. The fourth-order valence-electron chi connectivity index (χ4n) is 2.74. The molecular formula is C16H21N5O3. The van der Waals surface area contributed by atoms with Crippen LogP contribution in [-0.4, -0.2) is 27.8 Å². The monoisotopic (exact) mass is 331 g/mol. The van der Waals surface area contributed by atoms with E-state index in [1.54, 1.807) is 13.8 Å². The van der Waals surface area contributed by atoms with Gasteiger partial charge < -0.3 is 5.32 Å². The molecule has 1 fully saturated rings. The van der Waals surface area contributed by atoms with Gasteiger partial charge in [0.15, 0.2) is 0 Å². The van der Waals surface area contributed by atoms with E-state index in [0.29, 0.717) is 11.3 Å². The van der Waals surface area contributed by atoms with E-state index in [2.05, 4.69) is 15.7 Å². The standard InChI is InChI=1S/C16H21N5O3/c1-10-11(2)20-21(15(23)13(10)9-17)8-7-14(22)19-16(24)18-12-5-3-4-6-12/h12H,3-8H2,1-2H3,(H2,18,19,22,24). The topological polar surface area (TPSA) is 117 Å². The summed E-state index contributed by atoms with van der Waals surface area (Å²) in [5, 5.41) is 18.2. The molecule has 128 valence electrons. The maximum absolute atomic E-state index is 12.1. The first kappa shape index (κ1) is 17.7. The van der Waals surface area contributed by atoms with Crippen LogP contribution in [0.25, 0.3) is 0 Å². The van der Waals surface area contributed by atoms with Gasteiger partial charge in [-0.3, -0.25) is 14.9 Å². The number of hydrogen-bond donors (Lipinski definition) is 2. The molecule has 2 rings (SSSR count). The lowest BCUT2D eigenvalue weighted by molar-refractivity contribution is -0.120. The van der Waals surface area contributed by atoms with Gasteiger partial charge in [-0.1, -0.05) is 12.8 Å². The average Bonchev–Trinajstić information content (AvgIpc) is 3.03. The number of aryl methyl sites for hydroxylation is 2. The third kappa shape index (κ3) is 4.19. The molecule has 8 nitrogen and oxygen atoms in total. The van der Waals surface area contributed by atoms with Crippen LogP contribution in [0.15, 0.2) is 4.79 Å². The number of hydrogen-bond acceptors (Lipinski definition) is 5. The van der Waals surface area contributed by atoms with Gasteiger partial charge >= 0.3 is 6.03 Å². The zero-order chi connectivity index (χ0) is 17.7. The predicted octanol–water partition coefficient (Wildman–Crippen LogP) is 0.890. The van der Waals surface area contributed by atoms with Crippen LogP contribution >= 0.6 is 0 Å². The predicted molar refractivity (Wildman–Crippen MR) is 86.2 cm³/mol. The molecule has 24 heavy (non-hydrogen) atoms. The minimum Gasteiger partial charge on any atom is -0.335 e. The third-order valence-electron chi connectivity index (χ3n) is 4.24. The number of aromatic nitrogens is 2. The Morgan fingerprint density at radius 1 is 1.33 bits per heavy atom. The van der Waals surface area contributed by atoms with Crippen LogP contribution < -0.4 is 16.2 Å². The molecule has 0 unspecified atom stereocenters. The number of nitriles is 1. The van der Waals surface area contributed by atoms with Gasteiger partial charge in [0, 0.05) is 12.5 Å². The maximum atomic E-state index is 12.1. The van der Waals surface area contributed by atoms with E-state index in [0.717, 1.165) is 30.4 Å². The number of rotatable bonds is 4. The van der Waals surface area contributed by atoms with Crippen molar-refractivity contribution >= 4 is 11.9 Å². The van der Waals surface area contributed by atoms with Gasteiger partial charge in [-0.05, 0) is 32.3 Å².